The fourth-order valence-corrected chi connectivity index (χ4v) is 3.40. The molecule has 1 aliphatic carbocycles. The standard InChI is InChI=1S/C15H18N2S/c1-10(15-9-18-11(2)17-15)16-14-7-12-5-3-4-6-13(12)8-14/h3-6,9-10,14,16H,7-8H2,1-2H3. The number of nitrogens with zero attached hydrogens (tertiary/aromatic N) is 1. The van der Waals surface area contributed by atoms with Crippen LogP contribution in [0.2, 0.25) is 0 Å². The summed E-state index contributed by atoms with van der Waals surface area (Å²) >= 11 is 1.73. The Morgan fingerprint density at radius 1 is 1.28 bits per heavy atom. The number of benzene rings is 1. The number of nitrogens with one attached hydrogen (secondary N) is 1. The highest BCUT2D eigenvalue weighted by molar-refractivity contribution is 7.09. The average Bonchev–Trinajstić information content (AvgIpc) is 2.94. The molecule has 1 N–H and O–H groups in total. The van der Waals surface area contributed by atoms with Gasteiger partial charge in [0.2, 0.25) is 0 Å². The number of hydrogen-bond acceptors (Lipinski definition) is 3. The molecule has 1 atom stereocenters. The van der Waals surface area contributed by atoms with Crippen molar-refractivity contribution in [2.24, 2.45) is 0 Å². The number of fused-ring (bicyclic) bond motifs is 1. The lowest BCUT2D eigenvalue weighted by molar-refractivity contribution is 0.461. The first-order valence-corrected chi connectivity index (χ1v) is 7.35. The van der Waals surface area contributed by atoms with Gasteiger partial charge in [-0.2, -0.15) is 0 Å². The van der Waals surface area contributed by atoms with Gasteiger partial charge >= 0.3 is 0 Å². The number of hydrogen-bond donors (Lipinski definition) is 1. The Morgan fingerprint density at radius 2 is 1.94 bits per heavy atom. The maximum absolute atomic E-state index is 4.56. The fourth-order valence-electron chi connectivity index (χ4n) is 2.69. The highest BCUT2D eigenvalue weighted by Gasteiger charge is 2.22. The third-order valence-electron chi connectivity index (χ3n) is 3.62. The number of aromatic nitrogens is 1. The largest absolute Gasteiger partial charge is 0.305 e. The van der Waals surface area contributed by atoms with Gasteiger partial charge in [0.1, 0.15) is 0 Å². The maximum atomic E-state index is 4.56. The molecule has 2 nitrogen and oxygen atoms in total. The molecule has 1 heterocycles. The third kappa shape index (κ3) is 2.33. The van der Waals surface area contributed by atoms with E-state index < -0.39 is 0 Å². The zero-order chi connectivity index (χ0) is 12.5. The minimum atomic E-state index is 0.342. The molecular weight excluding hydrogens is 240 g/mol. The van der Waals surface area contributed by atoms with Crippen LogP contribution in [0, 0.1) is 6.92 Å². The molecule has 0 spiro atoms. The van der Waals surface area contributed by atoms with Crippen molar-refractivity contribution in [2.75, 3.05) is 0 Å². The van der Waals surface area contributed by atoms with Crippen LogP contribution in [0.5, 0.6) is 0 Å². The van der Waals surface area contributed by atoms with Crippen LogP contribution in [0.3, 0.4) is 0 Å². The summed E-state index contributed by atoms with van der Waals surface area (Å²) in [4.78, 5) is 4.56. The first-order chi connectivity index (χ1) is 8.72. The third-order valence-corrected chi connectivity index (χ3v) is 4.41. The first kappa shape index (κ1) is 11.9. The second-order valence-electron chi connectivity index (χ2n) is 5.05. The Morgan fingerprint density at radius 3 is 2.50 bits per heavy atom. The summed E-state index contributed by atoms with van der Waals surface area (Å²) in [6, 6.07) is 9.65. The summed E-state index contributed by atoms with van der Waals surface area (Å²) in [5.41, 5.74) is 4.17. The quantitative estimate of drug-likeness (QED) is 0.914. The molecule has 1 unspecified atom stereocenters. The molecule has 3 rings (SSSR count). The Balaban J connectivity index is 1.66. The minimum Gasteiger partial charge on any atom is -0.305 e. The van der Waals surface area contributed by atoms with E-state index in [1.54, 1.807) is 11.3 Å². The lowest BCUT2D eigenvalue weighted by Crippen LogP contribution is -2.32. The lowest BCUT2D eigenvalue weighted by Gasteiger charge is -2.17. The molecule has 18 heavy (non-hydrogen) atoms. The molecule has 0 saturated heterocycles. The maximum Gasteiger partial charge on any atom is 0.0898 e. The molecule has 1 aromatic carbocycles. The van der Waals surface area contributed by atoms with Crippen molar-refractivity contribution in [2.45, 2.75) is 38.8 Å². The van der Waals surface area contributed by atoms with Crippen molar-refractivity contribution in [1.29, 1.82) is 0 Å². The zero-order valence-corrected chi connectivity index (χ0v) is 11.6. The van der Waals surface area contributed by atoms with Gasteiger partial charge in [-0.05, 0) is 37.8 Å². The van der Waals surface area contributed by atoms with Crippen LogP contribution in [0.25, 0.3) is 0 Å². The van der Waals surface area contributed by atoms with E-state index in [1.165, 1.54) is 16.8 Å². The van der Waals surface area contributed by atoms with Crippen LogP contribution in [-0.2, 0) is 12.8 Å². The molecular formula is C15H18N2S. The number of rotatable bonds is 3. The van der Waals surface area contributed by atoms with E-state index in [9.17, 15) is 0 Å². The van der Waals surface area contributed by atoms with E-state index in [-0.39, 0.29) is 0 Å². The van der Waals surface area contributed by atoms with Gasteiger partial charge in [0, 0.05) is 17.5 Å². The van der Waals surface area contributed by atoms with E-state index in [0.29, 0.717) is 12.1 Å². The summed E-state index contributed by atoms with van der Waals surface area (Å²) in [6.45, 7) is 4.27. The Hall–Kier alpha value is -1.19. The Labute approximate surface area is 112 Å². The zero-order valence-electron chi connectivity index (χ0n) is 10.8. The molecule has 1 aliphatic rings. The predicted molar refractivity (Wildman–Crippen MR) is 76.0 cm³/mol. The summed E-state index contributed by atoms with van der Waals surface area (Å²) in [7, 11) is 0. The number of thiazole rings is 1. The summed E-state index contributed by atoms with van der Waals surface area (Å²) in [5, 5.41) is 7.01. The smallest absolute Gasteiger partial charge is 0.0898 e. The molecule has 94 valence electrons. The summed E-state index contributed by atoms with van der Waals surface area (Å²) < 4.78 is 0. The topological polar surface area (TPSA) is 24.9 Å². The molecule has 0 fully saturated rings. The van der Waals surface area contributed by atoms with Crippen molar-refractivity contribution < 1.29 is 0 Å². The summed E-state index contributed by atoms with van der Waals surface area (Å²) in [5.74, 6) is 0. The van der Waals surface area contributed by atoms with Gasteiger partial charge in [0.15, 0.2) is 0 Å². The van der Waals surface area contributed by atoms with Crippen molar-refractivity contribution >= 4 is 11.3 Å². The van der Waals surface area contributed by atoms with Crippen LogP contribution < -0.4 is 5.32 Å². The second kappa shape index (κ2) is 4.82. The van der Waals surface area contributed by atoms with Crippen molar-refractivity contribution in [3.8, 4) is 0 Å². The first-order valence-electron chi connectivity index (χ1n) is 6.47. The van der Waals surface area contributed by atoms with Crippen LogP contribution >= 0.6 is 11.3 Å². The van der Waals surface area contributed by atoms with Gasteiger partial charge in [-0.25, -0.2) is 4.98 Å². The normalized spacial score (nSPS) is 16.8. The average molecular weight is 258 g/mol. The van der Waals surface area contributed by atoms with E-state index >= 15 is 0 Å². The van der Waals surface area contributed by atoms with Gasteiger partial charge in [-0.1, -0.05) is 24.3 Å². The monoisotopic (exact) mass is 258 g/mol. The molecule has 3 heteroatoms. The molecule has 2 aromatic rings. The number of aryl methyl sites for hydroxylation is 1. The van der Waals surface area contributed by atoms with Crippen LogP contribution in [0.1, 0.15) is 34.8 Å². The van der Waals surface area contributed by atoms with Crippen molar-refractivity contribution in [3.05, 3.63) is 51.5 Å². The Bertz CT molecular complexity index is 522. The SMILES string of the molecule is Cc1nc(C(C)NC2Cc3ccccc3C2)cs1. The van der Waals surface area contributed by atoms with Crippen LogP contribution in [0.4, 0.5) is 0 Å². The Kier molecular flexibility index (Phi) is 3.18. The van der Waals surface area contributed by atoms with Gasteiger partial charge in [-0.15, -0.1) is 11.3 Å². The highest BCUT2D eigenvalue weighted by atomic mass is 32.1. The predicted octanol–water partition coefficient (Wildman–Crippen LogP) is 3.27. The minimum absolute atomic E-state index is 0.342. The molecule has 1 aromatic heterocycles. The van der Waals surface area contributed by atoms with E-state index in [1.807, 2.05) is 0 Å². The van der Waals surface area contributed by atoms with Crippen LogP contribution in [-0.4, -0.2) is 11.0 Å². The van der Waals surface area contributed by atoms with E-state index in [2.05, 4.69) is 53.8 Å². The van der Waals surface area contributed by atoms with Gasteiger partial charge in [0.25, 0.3) is 0 Å². The van der Waals surface area contributed by atoms with E-state index in [0.717, 1.165) is 17.8 Å². The van der Waals surface area contributed by atoms with Crippen molar-refractivity contribution in [3.63, 3.8) is 0 Å². The van der Waals surface area contributed by atoms with E-state index in [4.69, 9.17) is 0 Å². The van der Waals surface area contributed by atoms with Gasteiger partial charge in [0.05, 0.1) is 10.7 Å². The van der Waals surface area contributed by atoms with Gasteiger partial charge in [-0.3, -0.25) is 0 Å². The molecule has 0 bridgehead atoms. The van der Waals surface area contributed by atoms with Crippen molar-refractivity contribution in [1.82, 2.24) is 10.3 Å². The summed E-state index contributed by atoms with van der Waals surface area (Å²) in [6.07, 6.45) is 2.28. The second-order valence-corrected chi connectivity index (χ2v) is 6.12. The molecule has 0 saturated carbocycles. The lowest BCUT2D eigenvalue weighted by atomic mass is 10.1. The molecule has 0 radical (unpaired) electrons. The molecule has 0 amide bonds. The highest BCUT2D eigenvalue weighted by Crippen LogP contribution is 2.24. The van der Waals surface area contributed by atoms with Gasteiger partial charge < -0.3 is 5.32 Å². The van der Waals surface area contributed by atoms with Crippen LogP contribution in [0.15, 0.2) is 29.6 Å². The fraction of sp³-hybridized carbons (Fsp3) is 0.400. The molecule has 0 aliphatic heterocycles.